The lowest BCUT2D eigenvalue weighted by molar-refractivity contribution is -0.234. The summed E-state index contributed by atoms with van der Waals surface area (Å²) in [6, 6.07) is 7.30. The van der Waals surface area contributed by atoms with Crippen LogP contribution in [0.4, 0.5) is 0 Å². The first kappa shape index (κ1) is 23.7. The molecule has 1 unspecified atom stereocenters. The van der Waals surface area contributed by atoms with Crippen molar-refractivity contribution >= 4 is 29.6 Å². The van der Waals surface area contributed by atoms with Gasteiger partial charge in [-0.15, -0.1) is 0 Å². The Morgan fingerprint density at radius 1 is 1.15 bits per heavy atom. The average Bonchev–Trinajstić information content (AvgIpc) is 3.14. The van der Waals surface area contributed by atoms with Gasteiger partial charge in [0.05, 0.1) is 13.0 Å². The summed E-state index contributed by atoms with van der Waals surface area (Å²) < 4.78 is 11.3. The van der Waals surface area contributed by atoms with Crippen LogP contribution in [0.1, 0.15) is 51.0 Å². The highest BCUT2D eigenvalue weighted by Crippen LogP contribution is 2.29. The minimum Gasteiger partial charge on any atom is -0.414 e. The third kappa shape index (κ3) is 5.04. The molecule has 34 heavy (non-hydrogen) atoms. The van der Waals surface area contributed by atoms with Crippen LogP contribution in [0.2, 0.25) is 0 Å². The van der Waals surface area contributed by atoms with Crippen molar-refractivity contribution in [1.29, 1.82) is 0 Å². The lowest BCUT2D eigenvalue weighted by Gasteiger charge is -2.43. The molecule has 3 atom stereocenters. The van der Waals surface area contributed by atoms with Crippen LogP contribution in [0.5, 0.6) is 0 Å². The number of carbonyl (C=O) groups is 5. The molecule has 0 spiro atoms. The van der Waals surface area contributed by atoms with Gasteiger partial charge in [-0.2, -0.15) is 0 Å². The van der Waals surface area contributed by atoms with Crippen molar-refractivity contribution in [1.82, 2.24) is 20.7 Å². The van der Waals surface area contributed by atoms with Gasteiger partial charge in [-0.25, -0.2) is 5.01 Å². The van der Waals surface area contributed by atoms with Crippen LogP contribution in [-0.2, 0) is 40.1 Å². The number of hydrazine groups is 1. The quantitative estimate of drug-likeness (QED) is 0.450. The summed E-state index contributed by atoms with van der Waals surface area (Å²) in [6.07, 6.45) is 1.22. The number of nitrogens with one attached hydrogen (secondary N) is 2. The van der Waals surface area contributed by atoms with Crippen molar-refractivity contribution in [2.75, 3.05) is 6.54 Å². The highest BCUT2D eigenvalue weighted by molar-refractivity contribution is 5.95. The molecule has 3 fully saturated rings. The zero-order valence-electron chi connectivity index (χ0n) is 19.0. The van der Waals surface area contributed by atoms with Crippen molar-refractivity contribution in [3.63, 3.8) is 0 Å². The largest absolute Gasteiger partial charge is 0.414 e. The number of nitrogens with zero attached hydrogens (tertiary/aromatic N) is 2. The summed E-state index contributed by atoms with van der Waals surface area (Å²) in [7, 11) is 0. The molecule has 1 aromatic carbocycles. The number of amides is 4. The zero-order chi connectivity index (χ0) is 24.3. The number of fused-ring (bicyclic) bond motifs is 1. The second-order valence-corrected chi connectivity index (χ2v) is 8.64. The van der Waals surface area contributed by atoms with Crippen molar-refractivity contribution in [2.24, 2.45) is 0 Å². The summed E-state index contributed by atoms with van der Waals surface area (Å²) >= 11 is 0. The summed E-state index contributed by atoms with van der Waals surface area (Å²) in [4.78, 5) is 62.9. The van der Waals surface area contributed by atoms with E-state index in [1.165, 1.54) is 11.9 Å². The molecule has 3 saturated heterocycles. The van der Waals surface area contributed by atoms with Gasteiger partial charge in [-0.1, -0.05) is 30.3 Å². The van der Waals surface area contributed by atoms with E-state index in [2.05, 4.69) is 10.6 Å². The highest BCUT2D eigenvalue weighted by Gasteiger charge is 2.49. The van der Waals surface area contributed by atoms with Gasteiger partial charge in [0.15, 0.2) is 0 Å². The number of esters is 1. The van der Waals surface area contributed by atoms with Crippen LogP contribution in [-0.4, -0.2) is 64.2 Å². The van der Waals surface area contributed by atoms with Crippen LogP contribution in [0, 0.1) is 0 Å². The number of rotatable bonds is 6. The third-order valence-corrected chi connectivity index (χ3v) is 6.11. The fraction of sp³-hybridized carbons (Fsp3) is 0.522. The van der Waals surface area contributed by atoms with Crippen molar-refractivity contribution in [3.05, 3.63) is 35.9 Å². The molecule has 1 aromatic rings. The highest BCUT2D eigenvalue weighted by atomic mass is 16.7. The molecule has 0 aliphatic carbocycles. The lowest BCUT2D eigenvalue weighted by atomic mass is 10.1. The van der Waals surface area contributed by atoms with Gasteiger partial charge in [-0.3, -0.25) is 34.3 Å². The van der Waals surface area contributed by atoms with Crippen LogP contribution in [0.15, 0.2) is 30.3 Å². The average molecular weight is 472 g/mol. The van der Waals surface area contributed by atoms with Crippen LogP contribution >= 0.6 is 0 Å². The molecule has 0 saturated carbocycles. The van der Waals surface area contributed by atoms with Crippen LogP contribution in [0.3, 0.4) is 0 Å². The van der Waals surface area contributed by atoms with E-state index in [0.717, 1.165) is 10.6 Å². The SMILES string of the molecule is CC(=O)N[C@H]1CCC(=O)N2CCC[C@@H](C(=O)NC3(OCc4ccccc4)CCC(=O)O3)N2C1=O. The van der Waals surface area contributed by atoms with E-state index < -0.39 is 41.7 Å². The maximum atomic E-state index is 13.4. The molecule has 182 valence electrons. The Bertz CT molecular complexity index is 985. The van der Waals surface area contributed by atoms with Gasteiger partial charge >= 0.3 is 5.97 Å². The van der Waals surface area contributed by atoms with E-state index in [1.54, 1.807) is 0 Å². The molecule has 3 heterocycles. The monoisotopic (exact) mass is 472 g/mol. The topological polar surface area (TPSA) is 134 Å². The fourth-order valence-corrected chi connectivity index (χ4v) is 4.48. The first-order valence-corrected chi connectivity index (χ1v) is 11.4. The molecule has 4 rings (SSSR count). The second kappa shape index (κ2) is 9.80. The molecular formula is C23H28N4O7. The molecule has 0 aromatic heterocycles. The Morgan fingerprint density at radius 2 is 1.91 bits per heavy atom. The van der Waals surface area contributed by atoms with E-state index >= 15 is 0 Å². The molecule has 11 heteroatoms. The van der Waals surface area contributed by atoms with Crippen LogP contribution in [0.25, 0.3) is 0 Å². The minimum absolute atomic E-state index is 0.0671. The van der Waals surface area contributed by atoms with E-state index in [-0.39, 0.29) is 38.2 Å². The predicted octanol–water partition coefficient (Wildman–Crippen LogP) is 0.343. The molecular weight excluding hydrogens is 444 g/mol. The number of hydrogen-bond donors (Lipinski definition) is 2. The molecule has 3 aliphatic rings. The number of ether oxygens (including phenoxy) is 2. The van der Waals surface area contributed by atoms with Gasteiger partial charge in [0.1, 0.15) is 12.1 Å². The van der Waals surface area contributed by atoms with Crippen molar-refractivity contribution in [2.45, 2.75) is 70.1 Å². The van der Waals surface area contributed by atoms with E-state index in [0.29, 0.717) is 19.4 Å². The summed E-state index contributed by atoms with van der Waals surface area (Å²) in [6.45, 7) is 1.68. The Hall–Kier alpha value is -3.47. The Kier molecular flexibility index (Phi) is 6.82. The number of benzene rings is 1. The summed E-state index contributed by atoms with van der Waals surface area (Å²) in [5, 5.41) is 7.70. The van der Waals surface area contributed by atoms with E-state index in [9.17, 15) is 24.0 Å². The number of carbonyl (C=O) groups excluding carboxylic acids is 5. The van der Waals surface area contributed by atoms with Crippen molar-refractivity contribution in [3.8, 4) is 0 Å². The van der Waals surface area contributed by atoms with Crippen LogP contribution < -0.4 is 10.6 Å². The van der Waals surface area contributed by atoms with Gasteiger partial charge in [0, 0.05) is 26.3 Å². The summed E-state index contributed by atoms with van der Waals surface area (Å²) in [5.41, 5.74) is 0.828. The molecule has 4 amide bonds. The standard InChI is InChI=1S/C23H28N4O7/c1-15(28)24-17-9-10-19(29)26-13-5-8-18(27(26)22(17)32)21(31)25-23(12-11-20(30)34-23)33-14-16-6-3-2-4-7-16/h2-4,6-7,17-18H,5,8-14H2,1H3,(H,24,28)(H,25,31)/t17-,18-,23?/m0/s1. The molecule has 0 bridgehead atoms. The minimum atomic E-state index is -1.66. The normalized spacial score (nSPS) is 27.0. The van der Waals surface area contributed by atoms with Gasteiger partial charge in [0.2, 0.25) is 17.7 Å². The molecule has 2 N–H and O–H groups in total. The maximum absolute atomic E-state index is 13.4. The first-order valence-electron chi connectivity index (χ1n) is 11.4. The summed E-state index contributed by atoms with van der Waals surface area (Å²) in [5.74, 6) is -3.99. The number of hydrogen-bond acceptors (Lipinski definition) is 7. The van der Waals surface area contributed by atoms with Gasteiger partial charge in [0.25, 0.3) is 11.8 Å². The zero-order valence-corrected chi connectivity index (χ0v) is 19.0. The molecule has 0 radical (unpaired) electrons. The van der Waals surface area contributed by atoms with Gasteiger partial charge < -0.3 is 14.8 Å². The third-order valence-electron chi connectivity index (χ3n) is 6.11. The maximum Gasteiger partial charge on any atom is 0.309 e. The lowest BCUT2D eigenvalue weighted by Crippen LogP contribution is -2.65. The predicted molar refractivity (Wildman–Crippen MR) is 116 cm³/mol. The number of cyclic esters (lactones) is 1. The van der Waals surface area contributed by atoms with E-state index in [1.807, 2.05) is 30.3 Å². The van der Waals surface area contributed by atoms with Crippen molar-refractivity contribution < 1.29 is 33.4 Å². The van der Waals surface area contributed by atoms with E-state index in [4.69, 9.17) is 9.47 Å². The molecule has 11 nitrogen and oxygen atoms in total. The first-order chi connectivity index (χ1) is 16.3. The van der Waals surface area contributed by atoms with Gasteiger partial charge in [-0.05, 0) is 24.8 Å². The smallest absolute Gasteiger partial charge is 0.309 e. The Morgan fingerprint density at radius 3 is 2.59 bits per heavy atom. The molecule has 3 aliphatic heterocycles. The second-order valence-electron chi connectivity index (χ2n) is 8.64. The Labute approximate surface area is 196 Å². The fourth-order valence-electron chi connectivity index (χ4n) is 4.48. The Balaban J connectivity index is 1.54.